The van der Waals surface area contributed by atoms with E-state index in [9.17, 15) is 0 Å². The van der Waals surface area contributed by atoms with E-state index in [2.05, 4.69) is 139 Å². The van der Waals surface area contributed by atoms with Crippen LogP contribution in [0, 0.1) is 0 Å². The molecule has 0 radical (unpaired) electrons. The van der Waals surface area contributed by atoms with Crippen LogP contribution < -0.4 is 20.7 Å². The first-order valence-corrected chi connectivity index (χ1v) is 15.5. The Bertz CT molecular complexity index is 1140. The van der Waals surface area contributed by atoms with Gasteiger partial charge in [0, 0.05) is 0 Å². The molecule has 0 fully saturated rings. The average Bonchev–Trinajstić information content (AvgIpc) is 3.16. The van der Waals surface area contributed by atoms with Crippen LogP contribution in [0.4, 0.5) is 0 Å². The SMILES string of the molecule is CC1(C)Cc2cccc(CP(Br)(c3ccccc3)(c3ccccc3)c3ccccc3)c2O1. The molecule has 1 aliphatic rings. The van der Waals surface area contributed by atoms with Gasteiger partial charge in [0.15, 0.2) is 0 Å². The molecule has 0 bridgehead atoms. The summed E-state index contributed by atoms with van der Waals surface area (Å²) in [6.45, 7) is 4.35. The molecule has 0 saturated carbocycles. The van der Waals surface area contributed by atoms with Gasteiger partial charge in [0.25, 0.3) is 0 Å². The number of fused-ring (bicyclic) bond motifs is 1. The van der Waals surface area contributed by atoms with Gasteiger partial charge in [-0.05, 0) is 0 Å². The van der Waals surface area contributed by atoms with Gasteiger partial charge in [0.05, 0.1) is 0 Å². The first kappa shape index (κ1) is 21.4. The van der Waals surface area contributed by atoms with E-state index < -0.39 is 5.31 Å². The maximum atomic E-state index is 6.52. The van der Waals surface area contributed by atoms with Crippen molar-refractivity contribution in [1.82, 2.24) is 0 Å². The Morgan fingerprint density at radius 3 is 1.62 bits per heavy atom. The molecule has 0 aromatic heterocycles. The van der Waals surface area contributed by atoms with Crippen LogP contribution in [0.3, 0.4) is 0 Å². The Balaban J connectivity index is 1.83. The van der Waals surface area contributed by atoms with Crippen molar-refractivity contribution >= 4 is 36.7 Å². The summed E-state index contributed by atoms with van der Waals surface area (Å²) in [6, 6.07) is 39.5. The normalized spacial score (nSPS) is 15.9. The summed E-state index contributed by atoms with van der Waals surface area (Å²) in [5, 5.41) is 0.932. The zero-order chi connectivity index (χ0) is 22.3. The number of para-hydroxylation sites is 1. The fourth-order valence-corrected chi connectivity index (χ4v) is 12.7. The van der Waals surface area contributed by atoms with Gasteiger partial charge in [-0.25, -0.2) is 0 Å². The van der Waals surface area contributed by atoms with E-state index in [0.717, 1.165) is 18.3 Å². The van der Waals surface area contributed by atoms with E-state index in [1.54, 1.807) is 0 Å². The van der Waals surface area contributed by atoms with E-state index in [0.29, 0.717) is 0 Å². The van der Waals surface area contributed by atoms with Crippen molar-refractivity contribution in [3.63, 3.8) is 0 Å². The number of benzene rings is 4. The van der Waals surface area contributed by atoms with Crippen LogP contribution in [0.15, 0.2) is 109 Å². The number of halogens is 1. The van der Waals surface area contributed by atoms with Gasteiger partial charge in [-0.1, -0.05) is 0 Å². The van der Waals surface area contributed by atoms with Crippen molar-refractivity contribution < 1.29 is 4.74 Å². The van der Waals surface area contributed by atoms with Crippen LogP contribution in [0.2, 0.25) is 0 Å². The van der Waals surface area contributed by atoms with E-state index >= 15 is 0 Å². The molecule has 1 nitrogen and oxygen atoms in total. The summed E-state index contributed by atoms with van der Waals surface area (Å²) >= 11 is 4.57. The van der Waals surface area contributed by atoms with Crippen molar-refractivity contribution in [2.24, 2.45) is 0 Å². The third-order valence-corrected chi connectivity index (χ3v) is 16.0. The first-order chi connectivity index (χ1) is 15.4. The number of ether oxygens (including phenoxy) is 1. The average molecular weight is 503 g/mol. The number of rotatable bonds is 5. The van der Waals surface area contributed by atoms with Gasteiger partial charge in [0.1, 0.15) is 0 Å². The second-order valence-electron chi connectivity index (χ2n) is 9.29. The summed E-state index contributed by atoms with van der Waals surface area (Å²) in [4.78, 5) is 0. The Kier molecular flexibility index (Phi) is 5.27. The van der Waals surface area contributed by atoms with Crippen LogP contribution in [-0.2, 0) is 12.6 Å². The predicted octanol–water partition coefficient (Wildman–Crippen LogP) is 6.74. The van der Waals surface area contributed by atoms with Crippen LogP contribution in [0.25, 0.3) is 0 Å². The quantitative estimate of drug-likeness (QED) is 0.274. The molecule has 0 amide bonds. The second kappa shape index (κ2) is 7.87. The molecular weight excluding hydrogens is 475 g/mol. The molecule has 0 atom stereocenters. The zero-order valence-electron chi connectivity index (χ0n) is 18.5. The summed E-state index contributed by atoms with van der Waals surface area (Å²) in [5.74, 6) is 1.06. The summed E-state index contributed by atoms with van der Waals surface area (Å²) in [5.41, 5.74) is 2.39. The fourth-order valence-electron chi connectivity index (χ4n) is 5.06. The minimum atomic E-state index is -3.04. The van der Waals surface area contributed by atoms with E-state index in [1.807, 2.05) is 0 Å². The standard InChI is InChI=1S/C29H28BrOP/c1-29(2)21-23-13-12-14-24(28(23)31-29)22-32(30,25-15-6-3-7-16-25,26-17-8-4-9-18-26)27-19-10-5-11-20-27/h3-20H,21-22H2,1-2H3. The third-order valence-electron chi connectivity index (χ3n) is 6.52. The van der Waals surface area contributed by atoms with Crippen LogP contribution in [-0.4, -0.2) is 5.60 Å². The van der Waals surface area contributed by atoms with Gasteiger partial charge < -0.3 is 0 Å². The molecule has 0 spiro atoms. The molecule has 32 heavy (non-hydrogen) atoms. The molecular formula is C29H28BrOP. The van der Waals surface area contributed by atoms with Gasteiger partial charge >= 0.3 is 200 Å². The Hall–Kier alpha value is -2.41. The predicted molar refractivity (Wildman–Crippen MR) is 143 cm³/mol. The Morgan fingerprint density at radius 1 is 0.688 bits per heavy atom. The zero-order valence-corrected chi connectivity index (χ0v) is 21.0. The van der Waals surface area contributed by atoms with Crippen molar-refractivity contribution in [2.45, 2.75) is 32.0 Å². The molecule has 1 heterocycles. The van der Waals surface area contributed by atoms with Crippen molar-refractivity contribution in [3.8, 4) is 5.75 Å². The van der Waals surface area contributed by atoms with Crippen LogP contribution >= 0.6 is 20.8 Å². The molecule has 0 aliphatic carbocycles. The monoisotopic (exact) mass is 502 g/mol. The van der Waals surface area contributed by atoms with Crippen molar-refractivity contribution in [2.75, 3.05) is 0 Å². The number of hydrogen-bond acceptors (Lipinski definition) is 1. The third kappa shape index (κ3) is 3.41. The second-order valence-corrected chi connectivity index (χ2v) is 18.2. The maximum absolute atomic E-state index is 6.52. The van der Waals surface area contributed by atoms with Gasteiger partial charge in [-0.2, -0.15) is 0 Å². The molecule has 3 heteroatoms. The van der Waals surface area contributed by atoms with Gasteiger partial charge in [0.2, 0.25) is 0 Å². The summed E-state index contributed by atoms with van der Waals surface area (Å²) < 4.78 is 6.52. The molecule has 1 aliphatic heterocycles. The molecule has 4 aromatic carbocycles. The summed E-state index contributed by atoms with van der Waals surface area (Å²) in [6.07, 6.45) is 1.79. The van der Waals surface area contributed by atoms with Crippen LogP contribution in [0.1, 0.15) is 25.0 Å². The van der Waals surface area contributed by atoms with E-state index in [-0.39, 0.29) is 5.60 Å². The van der Waals surface area contributed by atoms with Crippen molar-refractivity contribution in [1.29, 1.82) is 0 Å². The molecule has 4 aromatic rings. The molecule has 0 unspecified atom stereocenters. The fraction of sp³-hybridized carbons (Fsp3) is 0.172. The van der Waals surface area contributed by atoms with Gasteiger partial charge in [-0.15, -0.1) is 0 Å². The minimum absolute atomic E-state index is 0.173. The first-order valence-electron chi connectivity index (χ1n) is 11.1. The number of hydrogen-bond donors (Lipinski definition) is 0. The van der Waals surface area contributed by atoms with Gasteiger partial charge in [-0.3, -0.25) is 0 Å². The van der Waals surface area contributed by atoms with Crippen molar-refractivity contribution in [3.05, 3.63) is 120 Å². The molecule has 0 saturated heterocycles. The molecule has 162 valence electrons. The van der Waals surface area contributed by atoms with E-state index in [1.165, 1.54) is 27.0 Å². The molecule has 0 N–H and O–H groups in total. The Labute approximate surface area is 199 Å². The van der Waals surface area contributed by atoms with Crippen LogP contribution in [0.5, 0.6) is 5.75 Å². The summed E-state index contributed by atoms with van der Waals surface area (Å²) in [7, 11) is 0. The van der Waals surface area contributed by atoms with E-state index in [4.69, 9.17) is 4.74 Å². The topological polar surface area (TPSA) is 9.23 Å². The molecule has 5 rings (SSSR count). The Morgan fingerprint density at radius 2 is 1.16 bits per heavy atom.